The summed E-state index contributed by atoms with van der Waals surface area (Å²) < 4.78 is 0. The van der Waals surface area contributed by atoms with Crippen LogP contribution in [0.15, 0.2) is 24.3 Å². The molecule has 0 heterocycles. The summed E-state index contributed by atoms with van der Waals surface area (Å²) in [5.41, 5.74) is 7.44. The van der Waals surface area contributed by atoms with E-state index >= 15 is 0 Å². The van der Waals surface area contributed by atoms with Crippen LogP contribution in [0, 0.1) is 5.92 Å². The number of hydrogen-bond donors (Lipinski definition) is 1. The average Bonchev–Trinajstić information content (AvgIpc) is 2.46. The van der Waals surface area contributed by atoms with Crippen LogP contribution >= 0.6 is 0 Å². The van der Waals surface area contributed by atoms with Gasteiger partial charge in [-0.05, 0) is 43.5 Å². The lowest BCUT2D eigenvalue weighted by Crippen LogP contribution is -2.37. The first-order valence-corrected chi connectivity index (χ1v) is 7.39. The number of hydrogen-bond acceptors (Lipinski definition) is 2. The summed E-state index contributed by atoms with van der Waals surface area (Å²) in [6.07, 6.45) is 6.74. The summed E-state index contributed by atoms with van der Waals surface area (Å²) in [6.45, 7) is 2.90. The van der Waals surface area contributed by atoms with Crippen LogP contribution < -0.4 is 10.6 Å². The molecule has 19 heavy (non-hydrogen) atoms. The van der Waals surface area contributed by atoms with E-state index in [9.17, 15) is 4.79 Å². The summed E-state index contributed by atoms with van der Waals surface area (Å²) in [4.78, 5) is 14.6. The average molecular weight is 260 g/mol. The Balaban J connectivity index is 2.14. The Morgan fingerprint density at radius 3 is 2.42 bits per heavy atom. The van der Waals surface area contributed by atoms with E-state index in [0.29, 0.717) is 5.91 Å². The summed E-state index contributed by atoms with van der Waals surface area (Å²) in [6, 6.07) is 7.63. The van der Waals surface area contributed by atoms with Gasteiger partial charge in [0.05, 0.1) is 0 Å². The van der Waals surface area contributed by atoms with Gasteiger partial charge in [0.2, 0.25) is 5.91 Å². The maximum atomic E-state index is 12.7. The first-order valence-electron chi connectivity index (χ1n) is 7.39. The lowest BCUT2D eigenvalue weighted by Gasteiger charge is -2.29. The summed E-state index contributed by atoms with van der Waals surface area (Å²) in [7, 11) is 0. The molecular weight excluding hydrogens is 236 g/mol. The molecule has 0 atom stereocenters. The molecule has 104 valence electrons. The fourth-order valence-corrected chi connectivity index (χ4v) is 2.81. The van der Waals surface area contributed by atoms with Crippen molar-refractivity contribution < 1.29 is 4.79 Å². The van der Waals surface area contributed by atoms with Gasteiger partial charge in [-0.1, -0.05) is 26.2 Å². The third kappa shape index (κ3) is 3.49. The zero-order valence-corrected chi connectivity index (χ0v) is 11.8. The molecule has 1 aliphatic carbocycles. The van der Waals surface area contributed by atoms with Gasteiger partial charge in [-0.2, -0.15) is 0 Å². The van der Waals surface area contributed by atoms with Gasteiger partial charge in [0.15, 0.2) is 0 Å². The molecule has 3 nitrogen and oxygen atoms in total. The highest BCUT2D eigenvalue weighted by Gasteiger charge is 2.26. The molecule has 1 aromatic rings. The molecule has 2 rings (SSSR count). The number of nitrogens with two attached hydrogens (primary N) is 1. The second kappa shape index (κ2) is 6.60. The van der Waals surface area contributed by atoms with Crippen molar-refractivity contribution in [1.29, 1.82) is 0 Å². The molecule has 1 aliphatic rings. The van der Waals surface area contributed by atoms with Gasteiger partial charge in [-0.3, -0.25) is 4.79 Å². The number of benzene rings is 1. The number of rotatable bonds is 4. The second-order valence-electron chi connectivity index (χ2n) is 5.42. The molecule has 0 radical (unpaired) electrons. The lowest BCUT2D eigenvalue weighted by molar-refractivity contribution is -0.123. The van der Waals surface area contributed by atoms with Gasteiger partial charge in [0, 0.05) is 23.8 Å². The Kier molecular flexibility index (Phi) is 4.83. The largest absolute Gasteiger partial charge is 0.399 e. The third-order valence-corrected chi connectivity index (χ3v) is 3.87. The van der Waals surface area contributed by atoms with Crippen LogP contribution in [0.3, 0.4) is 0 Å². The highest BCUT2D eigenvalue weighted by molar-refractivity contribution is 5.95. The molecule has 0 saturated heterocycles. The number of amides is 1. The van der Waals surface area contributed by atoms with Crippen molar-refractivity contribution in [3.05, 3.63) is 24.3 Å². The van der Waals surface area contributed by atoms with Crippen molar-refractivity contribution in [3.63, 3.8) is 0 Å². The smallest absolute Gasteiger partial charge is 0.230 e. The standard InChI is InChI=1S/C16H24N2O/c1-2-12-18(15-10-8-14(17)9-11-15)16(19)13-6-4-3-5-7-13/h8-11,13H,2-7,12,17H2,1H3. The molecule has 1 amide bonds. The number of anilines is 2. The highest BCUT2D eigenvalue weighted by atomic mass is 16.2. The predicted octanol–water partition coefficient (Wildman–Crippen LogP) is 3.59. The van der Waals surface area contributed by atoms with E-state index in [-0.39, 0.29) is 5.92 Å². The van der Waals surface area contributed by atoms with Gasteiger partial charge in [0.1, 0.15) is 0 Å². The quantitative estimate of drug-likeness (QED) is 0.841. The second-order valence-corrected chi connectivity index (χ2v) is 5.42. The Morgan fingerprint density at radius 2 is 1.84 bits per heavy atom. The van der Waals surface area contributed by atoms with E-state index in [4.69, 9.17) is 5.73 Å². The Bertz CT molecular complexity index is 407. The first-order chi connectivity index (χ1) is 9.22. The summed E-state index contributed by atoms with van der Waals surface area (Å²) >= 11 is 0. The van der Waals surface area contributed by atoms with E-state index in [0.717, 1.165) is 37.2 Å². The van der Waals surface area contributed by atoms with Crippen molar-refractivity contribution in [2.75, 3.05) is 17.2 Å². The van der Waals surface area contributed by atoms with Crippen LogP contribution in [0.1, 0.15) is 45.4 Å². The topological polar surface area (TPSA) is 46.3 Å². The predicted molar refractivity (Wildman–Crippen MR) is 80.1 cm³/mol. The minimum Gasteiger partial charge on any atom is -0.399 e. The minimum atomic E-state index is 0.220. The van der Waals surface area contributed by atoms with Crippen molar-refractivity contribution in [2.24, 2.45) is 5.92 Å². The van der Waals surface area contributed by atoms with E-state index in [2.05, 4.69) is 6.92 Å². The summed E-state index contributed by atoms with van der Waals surface area (Å²) in [5.74, 6) is 0.518. The SMILES string of the molecule is CCCN(C(=O)C1CCCCC1)c1ccc(N)cc1. The maximum absolute atomic E-state index is 12.7. The molecule has 0 unspecified atom stereocenters. The molecule has 1 aromatic carbocycles. The molecule has 0 aliphatic heterocycles. The van der Waals surface area contributed by atoms with Crippen molar-refractivity contribution in [3.8, 4) is 0 Å². The van der Waals surface area contributed by atoms with Gasteiger partial charge < -0.3 is 10.6 Å². The highest BCUT2D eigenvalue weighted by Crippen LogP contribution is 2.28. The van der Waals surface area contributed by atoms with Crippen LogP contribution in [0.4, 0.5) is 11.4 Å². The van der Waals surface area contributed by atoms with Crippen LogP contribution in [-0.4, -0.2) is 12.5 Å². The zero-order valence-electron chi connectivity index (χ0n) is 11.8. The maximum Gasteiger partial charge on any atom is 0.230 e. The number of carbonyl (C=O) groups excluding carboxylic acids is 1. The molecule has 1 saturated carbocycles. The van der Waals surface area contributed by atoms with Gasteiger partial charge in [-0.15, -0.1) is 0 Å². The van der Waals surface area contributed by atoms with Crippen LogP contribution in [0.25, 0.3) is 0 Å². The monoisotopic (exact) mass is 260 g/mol. The van der Waals surface area contributed by atoms with Crippen molar-refractivity contribution >= 4 is 17.3 Å². The minimum absolute atomic E-state index is 0.220. The van der Waals surface area contributed by atoms with Crippen LogP contribution in [-0.2, 0) is 4.79 Å². The van der Waals surface area contributed by atoms with Gasteiger partial charge in [0.25, 0.3) is 0 Å². The Morgan fingerprint density at radius 1 is 1.21 bits per heavy atom. The van der Waals surface area contributed by atoms with Gasteiger partial charge >= 0.3 is 0 Å². The first kappa shape index (κ1) is 13.9. The molecule has 1 fully saturated rings. The number of carbonyl (C=O) groups is 1. The van der Waals surface area contributed by atoms with Crippen molar-refractivity contribution in [2.45, 2.75) is 45.4 Å². The van der Waals surface area contributed by atoms with E-state index in [1.54, 1.807) is 0 Å². The molecule has 3 heteroatoms. The Hall–Kier alpha value is -1.51. The number of nitrogens with zero attached hydrogens (tertiary/aromatic N) is 1. The van der Waals surface area contributed by atoms with E-state index in [1.807, 2.05) is 29.2 Å². The molecule has 0 bridgehead atoms. The fraction of sp³-hybridized carbons (Fsp3) is 0.562. The summed E-state index contributed by atoms with van der Waals surface area (Å²) in [5, 5.41) is 0. The molecule has 0 spiro atoms. The van der Waals surface area contributed by atoms with Crippen LogP contribution in [0.5, 0.6) is 0 Å². The molecular formula is C16H24N2O. The molecule has 2 N–H and O–H groups in total. The van der Waals surface area contributed by atoms with E-state index in [1.165, 1.54) is 19.3 Å². The van der Waals surface area contributed by atoms with Crippen LogP contribution in [0.2, 0.25) is 0 Å². The Labute approximate surface area is 115 Å². The van der Waals surface area contributed by atoms with E-state index < -0.39 is 0 Å². The zero-order chi connectivity index (χ0) is 13.7. The fourth-order valence-electron chi connectivity index (χ4n) is 2.81. The molecule has 0 aromatic heterocycles. The normalized spacial score (nSPS) is 16.3. The van der Waals surface area contributed by atoms with Gasteiger partial charge in [-0.25, -0.2) is 0 Å². The lowest BCUT2D eigenvalue weighted by atomic mass is 9.88. The number of nitrogen functional groups attached to an aromatic ring is 1. The van der Waals surface area contributed by atoms with Crippen molar-refractivity contribution in [1.82, 2.24) is 0 Å². The third-order valence-electron chi connectivity index (χ3n) is 3.87.